The molecule has 0 saturated carbocycles. The predicted molar refractivity (Wildman–Crippen MR) is 79.4 cm³/mol. The minimum absolute atomic E-state index is 0.0527. The molecule has 0 saturated heterocycles. The van der Waals surface area contributed by atoms with Crippen molar-refractivity contribution in [1.82, 2.24) is 5.32 Å². The van der Waals surface area contributed by atoms with E-state index < -0.39 is 11.7 Å². The molecule has 0 aromatic rings. The lowest BCUT2D eigenvalue weighted by Gasteiger charge is -2.23. The fourth-order valence-electron chi connectivity index (χ4n) is 1.23. The third kappa shape index (κ3) is 10.8. The number of thioether (sulfide) groups is 1. The van der Waals surface area contributed by atoms with E-state index in [1.54, 1.807) is 0 Å². The van der Waals surface area contributed by atoms with Gasteiger partial charge < -0.3 is 10.1 Å². The molecule has 4 nitrogen and oxygen atoms in total. The summed E-state index contributed by atoms with van der Waals surface area (Å²) in [4.78, 5) is 22.6. The Morgan fingerprint density at radius 3 is 2.44 bits per heavy atom. The minimum Gasteiger partial charge on any atom is -0.444 e. The van der Waals surface area contributed by atoms with Gasteiger partial charge in [0, 0.05) is 18.7 Å². The lowest BCUT2D eigenvalue weighted by Crippen LogP contribution is -2.40. The first-order chi connectivity index (χ1) is 8.24. The zero-order chi connectivity index (χ0) is 14.2. The molecule has 0 aromatic heterocycles. The molecular formula is C12H23NO3S2. The highest BCUT2D eigenvalue weighted by atomic mass is 32.2. The van der Waals surface area contributed by atoms with Crippen molar-refractivity contribution in [3.8, 4) is 0 Å². The first-order valence-corrected chi connectivity index (χ1v) is 7.60. The zero-order valence-corrected chi connectivity index (χ0v) is 13.2. The number of hydrogen-bond donors (Lipinski definition) is 2. The summed E-state index contributed by atoms with van der Waals surface area (Å²) in [7, 11) is 0. The normalized spacial score (nSPS) is 12.9. The van der Waals surface area contributed by atoms with E-state index in [1.165, 1.54) is 18.7 Å². The molecule has 18 heavy (non-hydrogen) atoms. The predicted octanol–water partition coefficient (Wildman–Crippen LogP) is 2.87. The van der Waals surface area contributed by atoms with Crippen LogP contribution in [0.2, 0.25) is 0 Å². The number of thiol groups is 1. The first kappa shape index (κ1) is 17.6. The van der Waals surface area contributed by atoms with E-state index in [-0.39, 0.29) is 11.2 Å². The molecule has 0 fully saturated rings. The molecule has 0 bridgehead atoms. The van der Waals surface area contributed by atoms with Gasteiger partial charge in [0.25, 0.3) is 0 Å². The van der Waals surface area contributed by atoms with Gasteiger partial charge in [0.2, 0.25) is 0 Å². The molecule has 0 rings (SSSR count). The van der Waals surface area contributed by atoms with Crippen LogP contribution < -0.4 is 5.32 Å². The van der Waals surface area contributed by atoms with Crippen LogP contribution >= 0.6 is 24.4 Å². The third-order valence-electron chi connectivity index (χ3n) is 1.92. The maximum Gasteiger partial charge on any atom is 0.407 e. The second-order valence-corrected chi connectivity index (χ2v) is 6.66. The number of alkyl carbamates (subject to hydrolysis) is 1. The Kier molecular flexibility index (Phi) is 8.52. The number of rotatable bonds is 6. The molecule has 0 heterocycles. The van der Waals surface area contributed by atoms with Crippen LogP contribution in [0, 0.1) is 0 Å². The first-order valence-electron chi connectivity index (χ1n) is 5.98. The van der Waals surface area contributed by atoms with Crippen LogP contribution in [0.15, 0.2) is 0 Å². The maximum atomic E-state index is 11.6. The molecular weight excluding hydrogens is 270 g/mol. The zero-order valence-electron chi connectivity index (χ0n) is 11.5. The van der Waals surface area contributed by atoms with Crippen molar-refractivity contribution in [3.63, 3.8) is 0 Å². The number of carbonyl (C=O) groups excluding carboxylic acids is 2. The Morgan fingerprint density at radius 1 is 1.39 bits per heavy atom. The van der Waals surface area contributed by atoms with Gasteiger partial charge in [-0.1, -0.05) is 11.8 Å². The Labute approximate surface area is 119 Å². The van der Waals surface area contributed by atoms with Gasteiger partial charge in [-0.25, -0.2) is 4.79 Å². The van der Waals surface area contributed by atoms with E-state index >= 15 is 0 Å². The number of nitrogens with one attached hydrogen (secondary N) is 1. The third-order valence-corrected chi connectivity index (χ3v) is 3.21. The van der Waals surface area contributed by atoms with Gasteiger partial charge in [-0.2, -0.15) is 12.6 Å². The molecule has 0 unspecified atom stereocenters. The van der Waals surface area contributed by atoms with Crippen LogP contribution in [-0.2, 0) is 9.53 Å². The van der Waals surface area contributed by atoms with E-state index in [2.05, 4.69) is 17.9 Å². The summed E-state index contributed by atoms with van der Waals surface area (Å²) >= 11 is 5.36. The van der Waals surface area contributed by atoms with E-state index in [1.807, 2.05) is 20.8 Å². The summed E-state index contributed by atoms with van der Waals surface area (Å²) in [6, 6.07) is -0.0547. The van der Waals surface area contributed by atoms with Crippen molar-refractivity contribution in [1.29, 1.82) is 0 Å². The highest BCUT2D eigenvalue weighted by molar-refractivity contribution is 8.13. The number of ether oxygens (including phenoxy) is 1. The van der Waals surface area contributed by atoms with Crippen LogP contribution in [0.4, 0.5) is 4.79 Å². The Balaban J connectivity index is 4.20. The summed E-state index contributed by atoms with van der Waals surface area (Å²) in [5, 5.41) is 2.85. The number of amides is 1. The summed E-state index contributed by atoms with van der Waals surface area (Å²) in [6.07, 6.45) is 1.25. The van der Waals surface area contributed by atoms with E-state index in [4.69, 9.17) is 4.74 Å². The van der Waals surface area contributed by atoms with Crippen LogP contribution in [0.1, 0.15) is 40.5 Å². The molecule has 0 aliphatic heterocycles. The van der Waals surface area contributed by atoms with Crippen molar-refractivity contribution in [3.05, 3.63) is 0 Å². The number of hydrogen-bond acceptors (Lipinski definition) is 5. The fourth-order valence-corrected chi connectivity index (χ4v) is 2.10. The van der Waals surface area contributed by atoms with Crippen molar-refractivity contribution in [2.45, 2.75) is 52.2 Å². The Morgan fingerprint density at radius 2 is 2.00 bits per heavy atom. The molecule has 0 aromatic carbocycles. The largest absolute Gasteiger partial charge is 0.444 e. The molecule has 0 aliphatic carbocycles. The quantitative estimate of drug-likeness (QED) is 0.739. The molecule has 1 N–H and O–H groups in total. The summed E-state index contributed by atoms with van der Waals surface area (Å²) in [5.74, 6) is 1.33. The Bertz CT molecular complexity index is 277. The highest BCUT2D eigenvalue weighted by Crippen LogP contribution is 2.11. The van der Waals surface area contributed by atoms with Crippen molar-refractivity contribution in [2.24, 2.45) is 0 Å². The van der Waals surface area contributed by atoms with Crippen LogP contribution in [0.3, 0.4) is 0 Å². The second kappa shape index (κ2) is 8.69. The lowest BCUT2D eigenvalue weighted by atomic mass is 10.2. The smallest absolute Gasteiger partial charge is 0.407 e. The molecule has 0 radical (unpaired) electrons. The monoisotopic (exact) mass is 293 g/mol. The van der Waals surface area contributed by atoms with Gasteiger partial charge in [0.05, 0.1) is 0 Å². The average molecular weight is 293 g/mol. The maximum absolute atomic E-state index is 11.6. The molecule has 1 amide bonds. The molecule has 6 heteroatoms. The minimum atomic E-state index is -0.508. The van der Waals surface area contributed by atoms with Crippen molar-refractivity contribution >= 4 is 35.6 Å². The van der Waals surface area contributed by atoms with Gasteiger partial charge >= 0.3 is 6.09 Å². The highest BCUT2D eigenvalue weighted by Gasteiger charge is 2.19. The van der Waals surface area contributed by atoms with Crippen molar-refractivity contribution in [2.75, 3.05) is 11.5 Å². The topological polar surface area (TPSA) is 55.4 Å². The van der Waals surface area contributed by atoms with Gasteiger partial charge in [0.1, 0.15) is 5.60 Å². The fraction of sp³-hybridized carbons (Fsp3) is 0.833. The second-order valence-electron chi connectivity index (χ2n) is 5.01. The van der Waals surface area contributed by atoms with Gasteiger partial charge in [0.15, 0.2) is 5.12 Å². The van der Waals surface area contributed by atoms with E-state index in [0.717, 1.165) is 18.6 Å². The van der Waals surface area contributed by atoms with Crippen LogP contribution in [0.5, 0.6) is 0 Å². The summed E-state index contributed by atoms with van der Waals surface area (Å²) in [5.41, 5.74) is -0.508. The van der Waals surface area contributed by atoms with Gasteiger partial charge in [-0.15, -0.1) is 0 Å². The summed E-state index contributed by atoms with van der Waals surface area (Å²) < 4.78 is 5.19. The number of carbonyl (C=O) groups is 2. The van der Waals surface area contributed by atoms with Gasteiger partial charge in [-0.05, 0) is 39.4 Å². The van der Waals surface area contributed by atoms with Crippen molar-refractivity contribution < 1.29 is 14.3 Å². The molecule has 1 atom stereocenters. The van der Waals surface area contributed by atoms with Crippen LogP contribution in [-0.4, -0.2) is 34.4 Å². The van der Waals surface area contributed by atoms with E-state index in [0.29, 0.717) is 5.75 Å². The molecule has 0 spiro atoms. The van der Waals surface area contributed by atoms with Gasteiger partial charge in [-0.3, -0.25) is 4.79 Å². The average Bonchev–Trinajstić information content (AvgIpc) is 2.19. The van der Waals surface area contributed by atoms with Crippen LogP contribution in [0.25, 0.3) is 0 Å². The lowest BCUT2D eigenvalue weighted by molar-refractivity contribution is -0.109. The Hall–Kier alpha value is -0.360. The molecule has 106 valence electrons. The van der Waals surface area contributed by atoms with E-state index in [9.17, 15) is 9.59 Å². The molecule has 0 aliphatic rings. The standard InChI is InChI=1S/C12H23NO3S2/c1-9(14)18-8-10(6-5-7-17)13-11(15)16-12(2,3)4/h10,17H,5-8H2,1-4H3,(H,13,15)/t10-/m1/s1. The SMILES string of the molecule is CC(=O)SC[C@@H](CCCS)NC(=O)OC(C)(C)C. The summed E-state index contributed by atoms with van der Waals surface area (Å²) in [6.45, 7) is 6.98.